The van der Waals surface area contributed by atoms with E-state index in [2.05, 4.69) is 25.2 Å². The minimum absolute atomic E-state index is 0.0499. The number of halogens is 1. The van der Waals surface area contributed by atoms with Gasteiger partial charge in [-0.25, -0.2) is 0 Å². The van der Waals surface area contributed by atoms with Crippen LogP contribution in [-0.2, 0) is 11.3 Å². The van der Waals surface area contributed by atoms with Gasteiger partial charge in [-0.3, -0.25) is 0 Å². The molecule has 19 heavy (non-hydrogen) atoms. The Bertz CT molecular complexity index is 476. The number of ether oxygens (including phenoxy) is 1. The molecule has 2 fully saturated rings. The van der Waals surface area contributed by atoms with Gasteiger partial charge in [-0.05, 0) is 18.6 Å². The number of nitrogens with two attached hydrogens (primary N) is 1. The molecule has 5 heteroatoms. The van der Waals surface area contributed by atoms with Crippen LogP contribution in [0.25, 0.3) is 0 Å². The van der Waals surface area contributed by atoms with Crippen LogP contribution in [0, 0.1) is 11.3 Å². The van der Waals surface area contributed by atoms with Crippen molar-refractivity contribution in [3.8, 4) is 0 Å². The van der Waals surface area contributed by atoms with Gasteiger partial charge in [0, 0.05) is 41.4 Å². The topological polar surface area (TPSA) is 47.3 Å². The second kappa shape index (κ2) is 4.71. The van der Waals surface area contributed by atoms with E-state index in [0.717, 1.165) is 30.5 Å². The Balaban J connectivity index is 1.60. The maximum Gasteiger partial charge on any atom is 0.0931 e. The normalized spacial score (nSPS) is 36.0. The van der Waals surface area contributed by atoms with E-state index in [4.69, 9.17) is 22.1 Å². The second-order valence-electron chi connectivity index (χ2n) is 6.26. The van der Waals surface area contributed by atoms with Crippen molar-refractivity contribution in [2.45, 2.75) is 38.5 Å². The average Bonchev–Trinajstić information content (AvgIpc) is 2.97. The van der Waals surface area contributed by atoms with E-state index in [-0.39, 0.29) is 11.0 Å². The Hall–Kier alpha value is -0.130. The van der Waals surface area contributed by atoms with Crippen molar-refractivity contribution < 1.29 is 4.74 Å². The van der Waals surface area contributed by atoms with E-state index in [0.29, 0.717) is 12.0 Å². The minimum atomic E-state index is -0.158. The first-order chi connectivity index (χ1) is 8.95. The molecule has 2 heterocycles. The van der Waals surface area contributed by atoms with E-state index in [1.54, 1.807) is 11.3 Å². The molecule has 1 aliphatic carbocycles. The van der Waals surface area contributed by atoms with Crippen LogP contribution >= 0.6 is 22.9 Å². The summed E-state index contributed by atoms with van der Waals surface area (Å²) < 4.78 is 6.65. The summed E-state index contributed by atoms with van der Waals surface area (Å²) >= 11 is 7.56. The molecule has 1 saturated heterocycles. The summed E-state index contributed by atoms with van der Waals surface area (Å²) in [6, 6.07) is 4.01. The highest BCUT2D eigenvalue weighted by Crippen LogP contribution is 2.57. The quantitative estimate of drug-likeness (QED) is 0.898. The van der Waals surface area contributed by atoms with Crippen LogP contribution in [0.5, 0.6) is 0 Å². The third kappa shape index (κ3) is 2.05. The molecule has 0 radical (unpaired) electrons. The van der Waals surface area contributed by atoms with Crippen LogP contribution in [0.3, 0.4) is 0 Å². The number of hydrogen-bond donors (Lipinski definition) is 2. The average molecular weight is 301 g/mol. The zero-order valence-electron chi connectivity index (χ0n) is 11.4. The molecule has 1 aromatic rings. The van der Waals surface area contributed by atoms with Gasteiger partial charge in [-0.2, -0.15) is 0 Å². The third-order valence-electron chi connectivity index (χ3n) is 5.01. The fraction of sp³-hybridized carbons (Fsp3) is 0.714. The van der Waals surface area contributed by atoms with Gasteiger partial charge in [0.25, 0.3) is 0 Å². The van der Waals surface area contributed by atoms with Crippen molar-refractivity contribution in [2.75, 3.05) is 13.2 Å². The van der Waals surface area contributed by atoms with E-state index in [1.807, 2.05) is 6.07 Å². The van der Waals surface area contributed by atoms with Crippen LogP contribution in [0.2, 0.25) is 4.34 Å². The zero-order chi connectivity index (χ0) is 13.7. The second-order valence-corrected chi connectivity index (χ2v) is 8.06. The molecule has 106 valence electrons. The van der Waals surface area contributed by atoms with Crippen molar-refractivity contribution in [1.82, 2.24) is 5.32 Å². The number of thiophene rings is 1. The highest BCUT2D eigenvalue weighted by atomic mass is 35.5. The number of rotatable bonds is 4. The Morgan fingerprint density at radius 3 is 3.00 bits per heavy atom. The highest BCUT2D eigenvalue weighted by Gasteiger charge is 2.67. The van der Waals surface area contributed by atoms with E-state index in [9.17, 15) is 0 Å². The van der Waals surface area contributed by atoms with Crippen LogP contribution < -0.4 is 11.1 Å². The minimum Gasteiger partial charge on any atom is -0.377 e. The van der Waals surface area contributed by atoms with Gasteiger partial charge in [0.1, 0.15) is 0 Å². The van der Waals surface area contributed by atoms with Gasteiger partial charge in [-0.15, -0.1) is 11.3 Å². The molecule has 1 aromatic heterocycles. The molecule has 0 amide bonds. The van der Waals surface area contributed by atoms with E-state index < -0.39 is 0 Å². The first kappa shape index (κ1) is 13.8. The van der Waals surface area contributed by atoms with E-state index in [1.165, 1.54) is 4.88 Å². The Labute approximate surface area is 123 Å². The first-order valence-corrected chi connectivity index (χ1v) is 8.00. The van der Waals surface area contributed by atoms with Crippen molar-refractivity contribution in [2.24, 2.45) is 17.1 Å². The van der Waals surface area contributed by atoms with Crippen LogP contribution in [0.15, 0.2) is 12.1 Å². The molecule has 1 saturated carbocycles. The molecule has 3 rings (SSSR count). The molecule has 0 bridgehead atoms. The van der Waals surface area contributed by atoms with Gasteiger partial charge >= 0.3 is 0 Å². The lowest BCUT2D eigenvalue weighted by Crippen LogP contribution is -2.77. The number of fused-ring (bicyclic) bond motifs is 1. The molecule has 3 atom stereocenters. The zero-order valence-corrected chi connectivity index (χ0v) is 13.0. The largest absolute Gasteiger partial charge is 0.377 e. The fourth-order valence-electron chi connectivity index (χ4n) is 3.67. The van der Waals surface area contributed by atoms with Gasteiger partial charge in [-0.1, -0.05) is 25.4 Å². The third-order valence-corrected chi connectivity index (χ3v) is 6.24. The lowest BCUT2D eigenvalue weighted by Gasteiger charge is -2.62. The Morgan fingerprint density at radius 2 is 2.32 bits per heavy atom. The molecular formula is C14H21ClN2OS. The summed E-state index contributed by atoms with van der Waals surface area (Å²) in [6.07, 6.45) is 1.44. The highest BCUT2D eigenvalue weighted by molar-refractivity contribution is 7.16. The van der Waals surface area contributed by atoms with Gasteiger partial charge in [0.2, 0.25) is 0 Å². The molecular weight excluding hydrogens is 280 g/mol. The van der Waals surface area contributed by atoms with Crippen LogP contribution in [-0.4, -0.2) is 24.8 Å². The van der Waals surface area contributed by atoms with Gasteiger partial charge in [0.15, 0.2) is 0 Å². The summed E-state index contributed by atoms with van der Waals surface area (Å²) in [5.74, 6) is 0.502. The smallest absolute Gasteiger partial charge is 0.0931 e. The molecule has 0 spiro atoms. The van der Waals surface area contributed by atoms with Gasteiger partial charge in [0.05, 0.1) is 10.4 Å². The predicted molar refractivity (Wildman–Crippen MR) is 79.6 cm³/mol. The summed E-state index contributed by atoms with van der Waals surface area (Å²) in [6.45, 7) is 6.98. The summed E-state index contributed by atoms with van der Waals surface area (Å²) in [4.78, 5) is 1.25. The van der Waals surface area contributed by atoms with E-state index >= 15 is 0 Å². The molecule has 3 nitrogen and oxygen atoms in total. The molecule has 1 aliphatic heterocycles. The number of hydrogen-bond acceptors (Lipinski definition) is 4. The van der Waals surface area contributed by atoms with Crippen molar-refractivity contribution in [3.63, 3.8) is 0 Å². The lowest BCUT2D eigenvalue weighted by atomic mass is 9.48. The standard InChI is InChI=1S/C14H21ClN2OS/c1-13(2)12-10(5-6-18-12)14(13,16)8-17-7-9-3-4-11(15)19-9/h3-4,10,12,17H,5-8,16H2,1-2H3. The van der Waals surface area contributed by atoms with Crippen LogP contribution in [0.1, 0.15) is 25.1 Å². The van der Waals surface area contributed by atoms with Crippen LogP contribution in [0.4, 0.5) is 0 Å². The summed E-state index contributed by atoms with van der Waals surface area (Å²) in [7, 11) is 0. The SMILES string of the molecule is CC1(C)C2OCCC2C1(N)CNCc1ccc(Cl)s1. The van der Waals surface area contributed by atoms with Crippen molar-refractivity contribution >= 4 is 22.9 Å². The Kier molecular flexibility index (Phi) is 3.43. The molecule has 3 unspecified atom stereocenters. The van der Waals surface area contributed by atoms with Crippen molar-refractivity contribution in [1.29, 1.82) is 0 Å². The van der Waals surface area contributed by atoms with Crippen molar-refractivity contribution in [3.05, 3.63) is 21.3 Å². The first-order valence-electron chi connectivity index (χ1n) is 6.80. The molecule has 2 aliphatic rings. The summed E-state index contributed by atoms with van der Waals surface area (Å²) in [5, 5.41) is 3.50. The Morgan fingerprint density at radius 1 is 1.53 bits per heavy atom. The maximum atomic E-state index is 6.67. The lowest BCUT2D eigenvalue weighted by molar-refractivity contribution is -0.153. The number of nitrogens with one attached hydrogen (secondary N) is 1. The maximum absolute atomic E-state index is 6.67. The van der Waals surface area contributed by atoms with Gasteiger partial charge < -0.3 is 15.8 Å². The monoisotopic (exact) mass is 300 g/mol. The summed E-state index contributed by atoms with van der Waals surface area (Å²) in [5.41, 5.74) is 6.56. The predicted octanol–water partition coefficient (Wildman–Crippen LogP) is 2.63. The fourth-order valence-corrected chi connectivity index (χ4v) is 4.73. The molecule has 0 aromatic carbocycles. The molecule has 3 N–H and O–H groups in total.